The molecule has 0 aliphatic carbocycles. The van der Waals surface area contributed by atoms with Crippen LogP contribution in [0.5, 0.6) is 0 Å². The van der Waals surface area contributed by atoms with E-state index in [0.29, 0.717) is 28.1 Å². The number of nitrogens with one attached hydrogen (secondary N) is 1. The molecule has 4 rings (SSSR count). The Bertz CT molecular complexity index is 1260. The van der Waals surface area contributed by atoms with Gasteiger partial charge in [0.05, 0.1) is 41.9 Å². The van der Waals surface area contributed by atoms with Crippen molar-refractivity contribution < 1.29 is 18.8 Å². The van der Waals surface area contributed by atoms with Crippen molar-refractivity contribution in [2.24, 2.45) is 0 Å². The van der Waals surface area contributed by atoms with Crippen molar-refractivity contribution in [1.29, 1.82) is 0 Å². The van der Waals surface area contributed by atoms with Crippen LogP contribution in [0.4, 0.5) is 10.2 Å². The fourth-order valence-corrected chi connectivity index (χ4v) is 3.29. The van der Waals surface area contributed by atoms with E-state index in [0.717, 1.165) is 0 Å². The van der Waals surface area contributed by atoms with Crippen molar-refractivity contribution in [2.45, 2.75) is 13.0 Å². The molecule has 4 N–H and O–H groups in total. The number of aryl methyl sites for hydroxylation is 1. The molecule has 0 saturated heterocycles. The van der Waals surface area contributed by atoms with Crippen LogP contribution >= 0.6 is 0 Å². The third-order valence-electron chi connectivity index (χ3n) is 5.00. The Hall–Kier alpha value is -4.11. The molecule has 1 amide bonds. The highest BCUT2D eigenvalue weighted by Crippen LogP contribution is 2.28. The van der Waals surface area contributed by atoms with E-state index < -0.39 is 17.8 Å². The van der Waals surface area contributed by atoms with Gasteiger partial charge in [-0.1, -0.05) is 41.6 Å². The number of amides is 1. The summed E-state index contributed by atoms with van der Waals surface area (Å²) in [7, 11) is 0. The predicted octanol–water partition coefficient (Wildman–Crippen LogP) is 3.29. The van der Waals surface area contributed by atoms with Crippen LogP contribution in [0.15, 0.2) is 65.4 Å². The van der Waals surface area contributed by atoms with Gasteiger partial charge < -0.3 is 20.7 Å². The van der Waals surface area contributed by atoms with Gasteiger partial charge >= 0.3 is 0 Å². The third-order valence-corrected chi connectivity index (χ3v) is 5.00. The first-order valence-electron chi connectivity index (χ1n) is 9.78. The molecule has 0 unspecified atom stereocenters. The summed E-state index contributed by atoms with van der Waals surface area (Å²) < 4.78 is 19.9. The van der Waals surface area contributed by atoms with E-state index in [1.54, 1.807) is 37.3 Å². The fraction of sp³-hybridized carbons (Fsp3) is 0.130. The normalized spacial score (nSPS) is 11.8. The van der Waals surface area contributed by atoms with Crippen LogP contribution in [-0.2, 0) is 0 Å². The Morgan fingerprint density at radius 1 is 1.22 bits per heavy atom. The predicted molar refractivity (Wildman–Crippen MR) is 116 cm³/mol. The first-order valence-corrected chi connectivity index (χ1v) is 9.78. The van der Waals surface area contributed by atoms with Gasteiger partial charge in [0, 0.05) is 5.56 Å². The number of anilines is 1. The number of aliphatic hydroxyl groups excluding tert-OH is 1. The Morgan fingerprint density at radius 3 is 2.66 bits per heavy atom. The van der Waals surface area contributed by atoms with Gasteiger partial charge in [0.2, 0.25) is 0 Å². The van der Waals surface area contributed by atoms with Gasteiger partial charge in [-0.25, -0.2) is 14.4 Å². The van der Waals surface area contributed by atoms with Crippen molar-refractivity contribution in [3.05, 3.63) is 83.6 Å². The van der Waals surface area contributed by atoms with Crippen LogP contribution in [-0.4, -0.2) is 32.7 Å². The van der Waals surface area contributed by atoms with Crippen LogP contribution < -0.4 is 11.1 Å². The quantitative estimate of drug-likeness (QED) is 0.426. The number of halogens is 1. The number of aliphatic hydroxyl groups is 1. The Labute approximate surface area is 182 Å². The summed E-state index contributed by atoms with van der Waals surface area (Å²) in [5.41, 5.74) is 8.27. The average Bonchev–Trinajstić information content (AvgIpc) is 3.24. The van der Waals surface area contributed by atoms with Gasteiger partial charge in [-0.3, -0.25) is 4.79 Å². The van der Waals surface area contributed by atoms with Gasteiger partial charge in [-0.15, -0.1) is 0 Å². The smallest absolute Gasteiger partial charge is 0.254 e. The van der Waals surface area contributed by atoms with Crippen LogP contribution in [0.25, 0.3) is 22.5 Å². The second kappa shape index (κ2) is 8.94. The molecule has 2 aromatic carbocycles. The molecule has 9 heteroatoms. The van der Waals surface area contributed by atoms with E-state index in [-0.39, 0.29) is 23.7 Å². The van der Waals surface area contributed by atoms with Crippen LogP contribution in [0, 0.1) is 12.7 Å². The fourth-order valence-electron chi connectivity index (χ4n) is 3.29. The highest BCUT2D eigenvalue weighted by Gasteiger charge is 2.19. The molecule has 4 aromatic rings. The molecule has 0 radical (unpaired) electrons. The van der Waals surface area contributed by atoms with Gasteiger partial charge in [0.1, 0.15) is 23.1 Å². The van der Waals surface area contributed by atoms with Crippen molar-refractivity contribution >= 4 is 11.7 Å². The minimum Gasteiger partial charge on any atom is -0.394 e. The number of carbonyl (C=O) groups excluding carboxylic acids is 1. The van der Waals surface area contributed by atoms with Crippen molar-refractivity contribution in [3.63, 3.8) is 0 Å². The molecular weight excluding hydrogens is 413 g/mol. The van der Waals surface area contributed by atoms with Crippen LogP contribution in [0.1, 0.15) is 27.7 Å². The number of aromatic nitrogens is 3. The van der Waals surface area contributed by atoms with E-state index in [4.69, 9.17) is 10.3 Å². The highest BCUT2D eigenvalue weighted by molar-refractivity contribution is 5.95. The second-order valence-electron chi connectivity index (χ2n) is 7.10. The molecule has 8 nitrogen and oxygen atoms in total. The number of nitrogen functional groups attached to an aromatic ring is 1. The first kappa shape index (κ1) is 21.1. The number of nitrogens with two attached hydrogens (primary N) is 1. The molecule has 32 heavy (non-hydrogen) atoms. The summed E-state index contributed by atoms with van der Waals surface area (Å²) in [5, 5.41) is 16.0. The molecular formula is C23H20FN5O3. The van der Waals surface area contributed by atoms with Crippen LogP contribution in [0.2, 0.25) is 0 Å². The van der Waals surface area contributed by atoms with Crippen molar-refractivity contribution in [3.8, 4) is 22.5 Å². The average molecular weight is 433 g/mol. The number of hydrogen-bond acceptors (Lipinski definition) is 7. The van der Waals surface area contributed by atoms with Gasteiger partial charge in [-0.05, 0) is 24.6 Å². The van der Waals surface area contributed by atoms with Gasteiger partial charge in [0.15, 0.2) is 0 Å². The molecule has 0 bridgehead atoms. The monoisotopic (exact) mass is 433 g/mol. The number of rotatable bonds is 6. The summed E-state index contributed by atoms with van der Waals surface area (Å²) >= 11 is 0. The molecule has 1 atom stereocenters. The Balaban J connectivity index is 1.61. The maximum Gasteiger partial charge on any atom is 0.254 e. The molecule has 0 aliphatic rings. The summed E-state index contributed by atoms with van der Waals surface area (Å²) in [6.45, 7) is 1.42. The number of benzene rings is 2. The Kier molecular flexibility index (Phi) is 5.91. The van der Waals surface area contributed by atoms with Gasteiger partial charge in [0.25, 0.3) is 5.91 Å². The Morgan fingerprint density at radius 2 is 2.00 bits per heavy atom. The molecule has 0 spiro atoms. The SMILES string of the molecule is Cc1oncc1-c1cnc(N)c(-c2ccc(C(=O)N[C@H](CO)c3ccccc3)c(F)c2)n1. The summed E-state index contributed by atoms with van der Waals surface area (Å²) in [4.78, 5) is 21.3. The second-order valence-corrected chi connectivity index (χ2v) is 7.10. The van der Waals surface area contributed by atoms with E-state index in [2.05, 4.69) is 20.4 Å². The van der Waals surface area contributed by atoms with E-state index >= 15 is 0 Å². The van der Waals surface area contributed by atoms with E-state index in [1.807, 2.05) is 6.07 Å². The van der Waals surface area contributed by atoms with E-state index in [1.165, 1.54) is 24.5 Å². The summed E-state index contributed by atoms with van der Waals surface area (Å²) in [6, 6.07) is 12.4. The first-order chi connectivity index (χ1) is 15.5. The lowest BCUT2D eigenvalue weighted by molar-refractivity contribution is 0.0912. The topological polar surface area (TPSA) is 127 Å². The molecule has 0 saturated carbocycles. The van der Waals surface area contributed by atoms with Gasteiger partial charge in [-0.2, -0.15) is 0 Å². The largest absolute Gasteiger partial charge is 0.394 e. The minimum absolute atomic E-state index is 0.115. The number of hydrogen-bond donors (Lipinski definition) is 3. The zero-order chi connectivity index (χ0) is 22.7. The van der Waals surface area contributed by atoms with Crippen LogP contribution in [0.3, 0.4) is 0 Å². The van der Waals surface area contributed by atoms with Crippen molar-refractivity contribution in [1.82, 2.24) is 20.4 Å². The molecule has 2 aromatic heterocycles. The lowest BCUT2D eigenvalue weighted by Gasteiger charge is -2.17. The molecule has 162 valence electrons. The lowest BCUT2D eigenvalue weighted by Crippen LogP contribution is -2.31. The van der Waals surface area contributed by atoms with E-state index in [9.17, 15) is 14.3 Å². The standard InChI is InChI=1S/C23H20FN5O3/c1-13-17(10-27-32-13)19-11-26-22(25)21(28-19)15-7-8-16(18(24)9-15)23(31)29-20(12-30)14-5-3-2-4-6-14/h2-11,20,30H,12H2,1H3,(H2,25,26)(H,29,31)/t20-/m1/s1. The maximum absolute atomic E-state index is 14.9. The maximum atomic E-state index is 14.9. The highest BCUT2D eigenvalue weighted by atomic mass is 19.1. The number of nitrogens with zero attached hydrogens (tertiary/aromatic N) is 3. The minimum atomic E-state index is -0.752. The molecule has 2 heterocycles. The third kappa shape index (κ3) is 4.19. The zero-order valence-electron chi connectivity index (χ0n) is 17.1. The summed E-state index contributed by atoms with van der Waals surface area (Å²) in [5.74, 6) is -0.726. The lowest BCUT2D eigenvalue weighted by atomic mass is 10.0. The number of carbonyl (C=O) groups is 1. The van der Waals surface area contributed by atoms with Crippen molar-refractivity contribution in [2.75, 3.05) is 12.3 Å². The summed E-state index contributed by atoms with van der Waals surface area (Å²) in [6.07, 6.45) is 2.99. The molecule has 0 fully saturated rings. The zero-order valence-corrected chi connectivity index (χ0v) is 17.1. The molecule has 0 aliphatic heterocycles.